The smallest absolute Gasteiger partial charge is 0.163 e. The summed E-state index contributed by atoms with van der Waals surface area (Å²) in [5, 5.41) is 0.992. The van der Waals surface area contributed by atoms with E-state index in [0.29, 0.717) is 12.8 Å². The number of ketones is 1. The van der Waals surface area contributed by atoms with Crippen LogP contribution in [0.1, 0.15) is 22.5 Å². The second-order valence-electron chi connectivity index (χ2n) is 4.41. The van der Waals surface area contributed by atoms with Gasteiger partial charge < -0.3 is 4.42 Å². The number of fused-ring (bicyclic) bond motifs is 1. The fourth-order valence-corrected chi connectivity index (χ4v) is 2.08. The molecular formula is C16H13NO2. The van der Waals surface area contributed by atoms with Crippen molar-refractivity contribution in [1.29, 1.82) is 0 Å². The second-order valence-corrected chi connectivity index (χ2v) is 4.41. The molecule has 0 aliphatic heterocycles. The van der Waals surface area contributed by atoms with Crippen molar-refractivity contribution in [3.63, 3.8) is 0 Å². The zero-order chi connectivity index (χ0) is 13.1. The molecule has 0 aliphatic rings. The first-order valence-corrected chi connectivity index (χ1v) is 6.23. The van der Waals surface area contributed by atoms with Crippen molar-refractivity contribution in [3.05, 3.63) is 66.2 Å². The molecule has 0 saturated heterocycles. The molecule has 0 saturated carbocycles. The van der Waals surface area contributed by atoms with E-state index in [1.807, 2.05) is 42.5 Å². The highest BCUT2D eigenvalue weighted by Gasteiger charge is 2.08. The maximum absolute atomic E-state index is 12.1. The van der Waals surface area contributed by atoms with E-state index in [9.17, 15) is 4.79 Å². The largest absolute Gasteiger partial charge is 0.469 e. The number of hydrogen-bond acceptors (Lipinski definition) is 3. The molecule has 3 heteroatoms. The van der Waals surface area contributed by atoms with Crippen molar-refractivity contribution >= 4 is 16.7 Å². The first-order chi connectivity index (χ1) is 9.33. The van der Waals surface area contributed by atoms with Gasteiger partial charge in [0, 0.05) is 30.0 Å². The lowest BCUT2D eigenvalue weighted by Gasteiger charge is -2.02. The third-order valence-corrected chi connectivity index (χ3v) is 3.10. The quantitative estimate of drug-likeness (QED) is 0.665. The van der Waals surface area contributed by atoms with Gasteiger partial charge >= 0.3 is 0 Å². The fraction of sp³-hybridized carbons (Fsp3) is 0.125. The summed E-state index contributed by atoms with van der Waals surface area (Å²) < 4.78 is 5.23. The van der Waals surface area contributed by atoms with E-state index in [1.165, 1.54) is 0 Å². The number of rotatable bonds is 4. The van der Waals surface area contributed by atoms with E-state index >= 15 is 0 Å². The molecular weight excluding hydrogens is 238 g/mol. The van der Waals surface area contributed by atoms with Crippen LogP contribution in [0.2, 0.25) is 0 Å². The molecule has 0 radical (unpaired) electrons. The number of furan rings is 1. The molecule has 0 fully saturated rings. The number of carbonyl (C=O) groups excluding carboxylic acids is 1. The lowest BCUT2D eigenvalue weighted by atomic mass is 10.0. The molecule has 1 aromatic carbocycles. The van der Waals surface area contributed by atoms with Gasteiger partial charge in [-0.25, -0.2) is 0 Å². The monoisotopic (exact) mass is 251 g/mol. The number of nitrogens with zero attached hydrogens (tertiary/aromatic N) is 1. The van der Waals surface area contributed by atoms with E-state index in [-0.39, 0.29) is 5.78 Å². The van der Waals surface area contributed by atoms with Gasteiger partial charge in [-0.3, -0.25) is 9.78 Å². The molecule has 0 unspecified atom stereocenters. The summed E-state index contributed by atoms with van der Waals surface area (Å²) in [6, 6.07) is 13.2. The molecule has 0 bridgehead atoms. The van der Waals surface area contributed by atoms with Crippen molar-refractivity contribution in [3.8, 4) is 0 Å². The third-order valence-electron chi connectivity index (χ3n) is 3.10. The zero-order valence-electron chi connectivity index (χ0n) is 10.4. The summed E-state index contributed by atoms with van der Waals surface area (Å²) >= 11 is 0. The van der Waals surface area contributed by atoms with Crippen LogP contribution in [0.15, 0.2) is 59.3 Å². The summed E-state index contributed by atoms with van der Waals surface area (Å²) in [7, 11) is 0. The Morgan fingerprint density at radius 3 is 2.95 bits per heavy atom. The van der Waals surface area contributed by atoms with Gasteiger partial charge in [0.1, 0.15) is 5.76 Å². The molecule has 2 aromatic heterocycles. The van der Waals surface area contributed by atoms with E-state index in [0.717, 1.165) is 22.2 Å². The molecule has 3 nitrogen and oxygen atoms in total. The van der Waals surface area contributed by atoms with Crippen molar-refractivity contribution in [2.75, 3.05) is 0 Å². The molecule has 0 spiro atoms. The van der Waals surface area contributed by atoms with E-state index in [4.69, 9.17) is 4.42 Å². The lowest BCUT2D eigenvalue weighted by Crippen LogP contribution is -2.00. The number of aryl methyl sites for hydroxylation is 1. The van der Waals surface area contributed by atoms with Crippen LogP contribution in [0.25, 0.3) is 10.9 Å². The molecule has 2 heterocycles. The molecule has 3 rings (SSSR count). The highest BCUT2D eigenvalue weighted by Crippen LogP contribution is 2.15. The lowest BCUT2D eigenvalue weighted by molar-refractivity contribution is 0.0981. The highest BCUT2D eigenvalue weighted by molar-refractivity contribution is 5.99. The number of Topliss-reactive ketones (excluding diaryl/α,β-unsaturated/α-hetero) is 1. The van der Waals surface area contributed by atoms with Crippen molar-refractivity contribution in [2.24, 2.45) is 0 Å². The van der Waals surface area contributed by atoms with Crippen LogP contribution in [0.4, 0.5) is 0 Å². The van der Waals surface area contributed by atoms with Gasteiger partial charge in [-0.15, -0.1) is 0 Å². The Balaban J connectivity index is 1.77. The Labute approximate surface area is 110 Å². The van der Waals surface area contributed by atoms with Gasteiger partial charge in [-0.2, -0.15) is 0 Å². The Hall–Kier alpha value is -2.42. The molecule has 3 aromatic rings. The zero-order valence-corrected chi connectivity index (χ0v) is 10.4. The Bertz CT molecular complexity index is 702. The minimum Gasteiger partial charge on any atom is -0.469 e. The predicted molar refractivity (Wildman–Crippen MR) is 73.1 cm³/mol. The maximum atomic E-state index is 12.1. The number of aromatic nitrogens is 1. The first kappa shape index (κ1) is 11.7. The molecule has 94 valence electrons. The number of benzene rings is 1. The van der Waals surface area contributed by atoms with Crippen molar-refractivity contribution < 1.29 is 9.21 Å². The van der Waals surface area contributed by atoms with Crippen LogP contribution in [0, 0.1) is 0 Å². The number of carbonyl (C=O) groups is 1. The van der Waals surface area contributed by atoms with Gasteiger partial charge in [0.15, 0.2) is 5.78 Å². The van der Waals surface area contributed by atoms with Gasteiger partial charge in [0.25, 0.3) is 0 Å². The summed E-state index contributed by atoms with van der Waals surface area (Å²) in [6.45, 7) is 0. The molecule has 0 aliphatic carbocycles. The minimum atomic E-state index is 0.127. The molecule has 19 heavy (non-hydrogen) atoms. The van der Waals surface area contributed by atoms with Crippen molar-refractivity contribution in [2.45, 2.75) is 12.8 Å². The van der Waals surface area contributed by atoms with Gasteiger partial charge in [0.05, 0.1) is 11.8 Å². The second kappa shape index (κ2) is 5.06. The van der Waals surface area contributed by atoms with Crippen LogP contribution < -0.4 is 0 Å². The predicted octanol–water partition coefficient (Wildman–Crippen LogP) is 3.64. The Morgan fingerprint density at radius 2 is 2.11 bits per heavy atom. The SMILES string of the molecule is O=C(CCc1ccco1)c1ccc2ncccc2c1. The normalized spacial score (nSPS) is 10.7. The van der Waals surface area contributed by atoms with Gasteiger partial charge in [0.2, 0.25) is 0 Å². The van der Waals surface area contributed by atoms with Crippen LogP contribution in [0.5, 0.6) is 0 Å². The van der Waals surface area contributed by atoms with E-state index in [2.05, 4.69) is 4.98 Å². The summed E-state index contributed by atoms with van der Waals surface area (Å²) in [4.78, 5) is 16.4. The Morgan fingerprint density at radius 1 is 1.16 bits per heavy atom. The van der Waals surface area contributed by atoms with Crippen LogP contribution in [0.3, 0.4) is 0 Å². The van der Waals surface area contributed by atoms with Gasteiger partial charge in [-0.05, 0) is 36.4 Å². The van der Waals surface area contributed by atoms with E-state index < -0.39 is 0 Å². The standard InChI is InChI=1S/C16H13NO2/c18-16(8-6-14-4-2-10-19-14)13-5-7-15-12(11-13)3-1-9-17-15/h1-5,7,9-11H,6,8H2. The van der Waals surface area contributed by atoms with E-state index in [1.54, 1.807) is 12.5 Å². The average molecular weight is 251 g/mol. The third kappa shape index (κ3) is 2.55. The molecule has 0 atom stereocenters. The molecule has 0 amide bonds. The summed E-state index contributed by atoms with van der Waals surface area (Å²) in [5.41, 5.74) is 1.64. The van der Waals surface area contributed by atoms with Crippen LogP contribution in [-0.2, 0) is 6.42 Å². The summed E-state index contributed by atoms with van der Waals surface area (Å²) in [6.07, 6.45) is 4.47. The highest BCUT2D eigenvalue weighted by atomic mass is 16.3. The fourth-order valence-electron chi connectivity index (χ4n) is 2.08. The Kier molecular flexibility index (Phi) is 3.11. The topological polar surface area (TPSA) is 43.1 Å². The minimum absolute atomic E-state index is 0.127. The van der Waals surface area contributed by atoms with Crippen LogP contribution >= 0.6 is 0 Å². The first-order valence-electron chi connectivity index (χ1n) is 6.23. The average Bonchev–Trinajstić information content (AvgIpc) is 2.97. The van der Waals surface area contributed by atoms with Crippen LogP contribution in [-0.4, -0.2) is 10.8 Å². The van der Waals surface area contributed by atoms with Crippen molar-refractivity contribution in [1.82, 2.24) is 4.98 Å². The number of pyridine rings is 1. The summed E-state index contributed by atoms with van der Waals surface area (Å²) in [5.74, 6) is 0.970. The maximum Gasteiger partial charge on any atom is 0.163 e. The number of hydrogen-bond donors (Lipinski definition) is 0. The molecule has 0 N–H and O–H groups in total. The van der Waals surface area contributed by atoms with Gasteiger partial charge in [-0.1, -0.05) is 6.07 Å².